The molecule has 58 heavy (non-hydrogen) atoms. The van der Waals surface area contributed by atoms with Crippen LogP contribution in [-0.4, -0.2) is 97.1 Å². The Bertz CT molecular complexity index is 1880. The number of urea groups is 1. The Hall–Kier alpha value is -5.54. The van der Waals surface area contributed by atoms with Crippen LogP contribution < -0.4 is 35.9 Å². The van der Waals surface area contributed by atoms with Crippen molar-refractivity contribution in [3.63, 3.8) is 0 Å². The van der Waals surface area contributed by atoms with Crippen LogP contribution in [0, 0.1) is 5.92 Å². The van der Waals surface area contributed by atoms with Crippen molar-refractivity contribution in [1.29, 1.82) is 0 Å². The molecular formula is C43H58N6O9. The number of nitrogens with zero attached hydrogens (tertiary/aromatic N) is 2. The number of hydrogen-bond donors (Lipinski definition) is 5. The molecule has 0 saturated heterocycles. The maximum absolute atomic E-state index is 14.5. The molecule has 6 N–H and O–H groups in total. The van der Waals surface area contributed by atoms with Gasteiger partial charge in [0.15, 0.2) is 11.5 Å². The van der Waals surface area contributed by atoms with Gasteiger partial charge in [-0.15, -0.1) is 0 Å². The van der Waals surface area contributed by atoms with Crippen LogP contribution in [-0.2, 0) is 14.3 Å². The molecular weight excluding hydrogens is 745 g/mol. The van der Waals surface area contributed by atoms with Crippen LogP contribution in [0.2, 0.25) is 0 Å². The molecule has 15 nitrogen and oxygen atoms in total. The number of hydrogen-bond acceptors (Lipinski definition) is 10. The van der Waals surface area contributed by atoms with E-state index >= 15 is 0 Å². The first kappa shape index (κ1) is 43.6. The second-order valence-corrected chi connectivity index (χ2v) is 15.1. The number of likely N-dealkylation sites (N-methyl/N-ethyl adjacent to an activating group) is 1. The minimum absolute atomic E-state index is 0.130. The number of amides is 5. The molecule has 2 aliphatic heterocycles. The molecule has 0 aromatic heterocycles. The summed E-state index contributed by atoms with van der Waals surface area (Å²) < 4.78 is 23.6. The lowest BCUT2D eigenvalue weighted by Crippen LogP contribution is -2.48. The number of benzene rings is 3. The zero-order valence-corrected chi connectivity index (χ0v) is 34.0. The number of aliphatic hydroxyl groups is 1. The van der Waals surface area contributed by atoms with Crippen molar-refractivity contribution in [2.45, 2.75) is 90.4 Å². The van der Waals surface area contributed by atoms with Crippen LogP contribution in [0.3, 0.4) is 0 Å². The lowest BCUT2D eigenvalue weighted by Gasteiger charge is -2.35. The lowest BCUT2D eigenvalue weighted by molar-refractivity contribution is -0.116. The predicted molar refractivity (Wildman–Crippen MR) is 222 cm³/mol. The third-order valence-corrected chi connectivity index (χ3v) is 10.3. The first-order valence-electron chi connectivity index (χ1n) is 20.1. The van der Waals surface area contributed by atoms with Crippen molar-refractivity contribution >= 4 is 46.5 Å². The third-order valence-electron chi connectivity index (χ3n) is 10.3. The molecule has 0 unspecified atom stereocenters. The second kappa shape index (κ2) is 21.3. The summed E-state index contributed by atoms with van der Waals surface area (Å²) in [4.78, 5) is 56.3. The third kappa shape index (κ3) is 12.5. The van der Waals surface area contributed by atoms with E-state index in [1.165, 1.54) is 0 Å². The van der Waals surface area contributed by atoms with Crippen molar-refractivity contribution in [1.82, 2.24) is 9.80 Å². The topological polar surface area (TPSA) is 194 Å². The van der Waals surface area contributed by atoms with Gasteiger partial charge in [-0.05, 0) is 88.4 Å². The molecule has 3 aromatic carbocycles. The van der Waals surface area contributed by atoms with Gasteiger partial charge in [-0.2, -0.15) is 0 Å². The molecule has 3 aromatic rings. The second-order valence-electron chi connectivity index (χ2n) is 15.1. The van der Waals surface area contributed by atoms with Gasteiger partial charge in [-0.1, -0.05) is 25.5 Å². The van der Waals surface area contributed by atoms with Crippen LogP contribution in [0.1, 0.15) is 82.5 Å². The summed E-state index contributed by atoms with van der Waals surface area (Å²) in [6.07, 6.45) is 4.07. The number of nitrogens with one attached hydrogen (secondary N) is 3. The van der Waals surface area contributed by atoms with E-state index in [-0.39, 0.29) is 74.2 Å². The highest BCUT2D eigenvalue weighted by Gasteiger charge is 2.31. The molecule has 2 heterocycles. The molecule has 0 saturated carbocycles. The van der Waals surface area contributed by atoms with Crippen molar-refractivity contribution in [2.24, 2.45) is 5.92 Å². The van der Waals surface area contributed by atoms with Gasteiger partial charge in [-0.25, -0.2) is 4.79 Å². The molecule has 0 bridgehead atoms. The van der Waals surface area contributed by atoms with Crippen LogP contribution in [0.25, 0.3) is 0 Å². The van der Waals surface area contributed by atoms with Crippen LogP contribution in [0.5, 0.6) is 17.2 Å². The molecule has 0 spiro atoms. The number of nitrogens with two attached hydrogens (primary N) is 1. The van der Waals surface area contributed by atoms with Gasteiger partial charge in [-0.3, -0.25) is 14.4 Å². The number of ether oxygens (including phenoxy) is 4. The van der Waals surface area contributed by atoms with Gasteiger partial charge in [0.25, 0.3) is 5.91 Å². The Labute approximate surface area is 340 Å². The molecule has 0 fully saturated rings. The van der Waals surface area contributed by atoms with Crippen molar-refractivity contribution < 1.29 is 43.2 Å². The Morgan fingerprint density at radius 2 is 1.59 bits per heavy atom. The maximum Gasteiger partial charge on any atom is 0.321 e. The fourth-order valence-corrected chi connectivity index (χ4v) is 6.80. The predicted octanol–water partition coefficient (Wildman–Crippen LogP) is 6.48. The highest BCUT2D eigenvalue weighted by Crippen LogP contribution is 2.34. The minimum Gasteiger partial charge on any atom is -0.490 e. The number of carbonyl (C=O) groups is 4. The lowest BCUT2D eigenvalue weighted by atomic mass is 10.0. The van der Waals surface area contributed by atoms with E-state index in [4.69, 9.17) is 24.7 Å². The van der Waals surface area contributed by atoms with E-state index < -0.39 is 12.1 Å². The average molecular weight is 803 g/mol. The first-order chi connectivity index (χ1) is 27.9. The smallest absolute Gasteiger partial charge is 0.321 e. The number of aliphatic hydroxyl groups excluding tert-OH is 1. The van der Waals surface area contributed by atoms with Gasteiger partial charge in [0.05, 0.1) is 41.8 Å². The Morgan fingerprint density at radius 3 is 2.33 bits per heavy atom. The number of fused-ring (bicyclic) bond motifs is 2. The standard InChI is InChI=1S/C43H58N6O9/c1-28-24-49(29(2)26-50)42(53)33-22-31(45-40(51)15-6-5-7-16-41(52)47-35-14-9-8-13-34(35)44)17-19-36(33)58-30(3)12-10-11-21-55-39(28)25-48(4)43(54)46-32-18-20-37-38(23-32)57-27-56-37/h8-9,13-14,17-20,22-23,28-30,39,50H,5-7,10-12,15-16,21,24-27,44H2,1-4H3,(H,45,51)(H,46,54)(H,47,52)/t28-,29+,30-,39-/m0/s1. The molecule has 2 aliphatic rings. The summed E-state index contributed by atoms with van der Waals surface area (Å²) in [5.41, 5.74) is 8.26. The first-order valence-corrected chi connectivity index (χ1v) is 20.1. The summed E-state index contributed by atoms with van der Waals surface area (Å²) in [5, 5.41) is 19.0. The normalized spacial score (nSPS) is 18.9. The van der Waals surface area contributed by atoms with E-state index in [9.17, 15) is 24.3 Å². The van der Waals surface area contributed by atoms with E-state index in [2.05, 4.69) is 16.0 Å². The zero-order chi connectivity index (χ0) is 41.6. The van der Waals surface area contributed by atoms with Crippen LogP contribution >= 0.6 is 0 Å². The zero-order valence-electron chi connectivity index (χ0n) is 34.0. The molecule has 314 valence electrons. The summed E-state index contributed by atoms with van der Waals surface area (Å²) in [7, 11) is 1.69. The fourth-order valence-electron chi connectivity index (χ4n) is 6.80. The quantitative estimate of drug-likeness (QED) is 0.0943. The van der Waals surface area contributed by atoms with E-state index in [1.54, 1.807) is 84.4 Å². The van der Waals surface area contributed by atoms with Crippen molar-refractivity contribution in [2.75, 3.05) is 61.8 Å². The van der Waals surface area contributed by atoms with Gasteiger partial charge in [0.1, 0.15) is 5.75 Å². The Morgan fingerprint density at radius 1 is 0.897 bits per heavy atom. The van der Waals surface area contributed by atoms with Gasteiger partial charge < -0.3 is 55.5 Å². The van der Waals surface area contributed by atoms with E-state index in [1.807, 2.05) is 13.8 Å². The molecule has 15 heteroatoms. The molecule has 4 atom stereocenters. The van der Waals surface area contributed by atoms with E-state index in [0.29, 0.717) is 78.7 Å². The minimum atomic E-state index is -0.564. The largest absolute Gasteiger partial charge is 0.490 e. The van der Waals surface area contributed by atoms with E-state index in [0.717, 1.165) is 12.8 Å². The number of nitrogen functional groups attached to an aromatic ring is 1. The monoisotopic (exact) mass is 802 g/mol. The Balaban J connectivity index is 1.23. The molecule has 0 aliphatic carbocycles. The molecule has 5 amide bonds. The highest BCUT2D eigenvalue weighted by molar-refractivity contribution is 6.00. The molecule has 0 radical (unpaired) electrons. The number of carbonyl (C=O) groups excluding carboxylic acids is 4. The number of anilines is 4. The number of unbranched alkanes of at least 4 members (excludes halogenated alkanes) is 2. The SMILES string of the molecule is C[C@H](CO)N1C[C@H](C)[C@H](CN(C)C(=O)Nc2ccc3c(c2)OCO3)OCCCC[C@H](C)Oc2ccc(NC(=O)CCCCCC(=O)Nc3ccccc3N)cc2C1=O. The summed E-state index contributed by atoms with van der Waals surface area (Å²) >= 11 is 0. The summed E-state index contributed by atoms with van der Waals surface area (Å²) in [6, 6.07) is 16.4. The summed E-state index contributed by atoms with van der Waals surface area (Å²) in [6.45, 7) is 6.45. The summed E-state index contributed by atoms with van der Waals surface area (Å²) in [5.74, 6) is 0.588. The van der Waals surface area contributed by atoms with Gasteiger partial charge in [0, 0.05) is 62.9 Å². The maximum atomic E-state index is 14.5. The Kier molecular flexibility index (Phi) is 16.0. The number of rotatable bonds is 13. The van der Waals surface area contributed by atoms with Crippen molar-refractivity contribution in [3.8, 4) is 17.2 Å². The fraction of sp³-hybridized carbons (Fsp3) is 0.488. The van der Waals surface area contributed by atoms with Crippen LogP contribution in [0.4, 0.5) is 27.5 Å². The average Bonchev–Trinajstić information content (AvgIpc) is 3.67. The highest BCUT2D eigenvalue weighted by atomic mass is 16.7. The van der Waals surface area contributed by atoms with Crippen LogP contribution in [0.15, 0.2) is 60.7 Å². The van der Waals surface area contributed by atoms with Gasteiger partial charge >= 0.3 is 6.03 Å². The van der Waals surface area contributed by atoms with Gasteiger partial charge in [0.2, 0.25) is 18.6 Å². The van der Waals surface area contributed by atoms with Crippen molar-refractivity contribution in [3.05, 3.63) is 66.2 Å². The molecule has 5 rings (SSSR count). The number of para-hydroxylation sites is 2.